The lowest BCUT2D eigenvalue weighted by molar-refractivity contribution is 0.268. The summed E-state index contributed by atoms with van der Waals surface area (Å²) in [6.07, 6.45) is 4.90. The number of imidazole rings is 1. The Kier molecular flexibility index (Phi) is 7.75. The molecule has 0 amide bonds. The van der Waals surface area contributed by atoms with Crippen molar-refractivity contribution in [2.24, 2.45) is 7.05 Å². The second-order valence-corrected chi connectivity index (χ2v) is 7.65. The standard InChI is InChI=1S/C21H31N5O3S/c1-24-9-6-22-19(24)15-25-7-5-8-26(11-10-25)21(30)23-14-16-12-17(27-2)20(29-4)18(13-16)28-3/h6,9,12-13H,5,7-8,10-11,14-15H2,1-4H3,(H,23,30). The number of nitrogens with one attached hydrogen (secondary N) is 1. The third-order valence-corrected chi connectivity index (χ3v) is 5.73. The Hall–Kier alpha value is -2.52. The van der Waals surface area contributed by atoms with E-state index in [1.807, 2.05) is 31.6 Å². The minimum absolute atomic E-state index is 0.586. The third kappa shape index (κ3) is 5.34. The molecule has 1 aliphatic rings. The molecular formula is C21H31N5O3S. The second-order valence-electron chi connectivity index (χ2n) is 7.26. The molecule has 0 aliphatic carbocycles. The number of ether oxygens (including phenoxy) is 3. The van der Waals surface area contributed by atoms with Crippen LogP contribution in [-0.4, -0.2) is 72.0 Å². The Balaban J connectivity index is 1.55. The summed E-state index contributed by atoms with van der Waals surface area (Å²) < 4.78 is 18.3. The number of rotatable bonds is 7. The van der Waals surface area contributed by atoms with Crippen LogP contribution in [0.15, 0.2) is 24.5 Å². The minimum Gasteiger partial charge on any atom is -0.493 e. The average molecular weight is 434 g/mol. The van der Waals surface area contributed by atoms with Gasteiger partial charge in [0.05, 0.1) is 27.9 Å². The first-order valence-electron chi connectivity index (χ1n) is 10.1. The molecular weight excluding hydrogens is 402 g/mol. The van der Waals surface area contributed by atoms with E-state index in [1.54, 1.807) is 21.3 Å². The number of nitrogens with zero attached hydrogens (tertiary/aromatic N) is 4. The van der Waals surface area contributed by atoms with Crippen molar-refractivity contribution in [3.8, 4) is 17.2 Å². The Labute approximate surface area is 183 Å². The quantitative estimate of drug-likeness (QED) is 0.666. The van der Waals surface area contributed by atoms with Crippen LogP contribution in [0.2, 0.25) is 0 Å². The van der Waals surface area contributed by atoms with Gasteiger partial charge in [-0.2, -0.15) is 0 Å². The van der Waals surface area contributed by atoms with Crippen LogP contribution in [-0.2, 0) is 20.1 Å². The molecule has 1 aromatic carbocycles. The lowest BCUT2D eigenvalue weighted by Crippen LogP contribution is -2.41. The van der Waals surface area contributed by atoms with E-state index >= 15 is 0 Å². The second kappa shape index (κ2) is 10.5. The van der Waals surface area contributed by atoms with E-state index in [0.717, 1.165) is 55.6 Å². The molecule has 1 aromatic heterocycles. The Morgan fingerprint density at radius 1 is 1.07 bits per heavy atom. The molecule has 0 atom stereocenters. The summed E-state index contributed by atoms with van der Waals surface area (Å²) in [6.45, 7) is 5.29. The van der Waals surface area contributed by atoms with Crippen LogP contribution < -0.4 is 19.5 Å². The van der Waals surface area contributed by atoms with Gasteiger partial charge in [-0.05, 0) is 36.3 Å². The van der Waals surface area contributed by atoms with Gasteiger partial charge in [-0.25, -0.2) is 4.98 Å². The number of thiocarbonyl (C=S) groups is 1. The molecule has 164 valence electrons. The van der Waals surface area contributed by atoms with Crippen molar-refractivity contribution in [1.82, 2.24) is 24.7 Å². The maximum atomic E-state index is 5.67. The molecule has 1 aliphatic heterocycles. The Bertz CT molecular complexity index is 832. The van der Waals surface area contributed by atoms with Crippen LogP contribution in [0.25, 0.3) is 0 Å². The van der Waals surface area contributed by atoms with E-state index in [4.69, 9.17) is 26.4 Å². The van der Waals surface area contributed by atoms with Crippen molar-refractivity contribution in [2.75, 3.05) is 47.5 Å². The van der Waals surface area contributed by atoms with E-state index in [0.29, 0.717) is 23.8 Å². The summed E-state index contributed by atoms with van der Waals surface area (Å²) in [6, 6.07) is 3.88. The largest absolute Gasteiger partial charge is 0.493 e. The van der Waals surface area contributed by atoms with E-state index in [1.165, 1.54) is 0 Å². The van der Waals surface area contributed by atoms with Crippen LogP contribution in [0.5, 0.6) is 17.2 Å². The number of hydrogen-bond acceptors (Lipinski definition) is 6. The van der Waals surface area contributed by atoms with Gasteiger partial charge < -0.3 is 29.0 Å². The highest BCUT2D eigenvalue weighted by molar-refractivity contribution is 7.80. The fourth-order valence-electron chi connectivity index (χ4n) is 3.61. The minimum atomic E-state index is 0.586. The molecule has 9 heteroatoms. The summed E-state index contributed by atoms with van der Waals surface area (Å²) in [7, 11) is 6.87. The van der Waals surface area contributed by atoms with Gasteiger partial charge >= 0.3 is 0 Å². The monoisotopic (exact) mass is 433 g/mol. The maximum absolute atomic E-state index is 5.67. The van der Waals surface area contributed by atoms with Crippen molar-refractivity contribution >= 4 is 17.3 Å². The summed E-state index contributed by atoms with van der Waals surface area (Å²) in [5, 5.41) is 4.14. The van der Waals surface area contributed by atoms with Gasteiger partial charge in [0.1, 0.15) is 5.82 Å². The normalized spacial score (nSPS) is 14.9. The summed E-state index contributed by atoms with van der Waals surface area (Å²) in [5.74, 6) is 2.96. The molecule has 0 unspecified atom stereocenters. The predicted octanol–water partition coefficient (Wildman–Crippen LogP) is 2.03. The molecule has 0 saturated carbocycles. The Morgan fingerprint density at radius 2 is 1.80 bits per heavy atom. The molecule has 0 bridgehead atoms. The lowest BCUT2D eigenvalue weighted by atomic mass is 10.2. The fraction of sp³-hybridized carbons (Fsp3) is 0.524. The first kappa shape index (κ1) is 22.2. The highest BCUT2D eigenvalue weighted by atomic mass is 32.1. The average Bonchev–Trinajstić information content (AvgIpc) is 3.02. The lowest BCUT2D eigenvalue weighted by Gasteiger charge is -2.25. The number of hydrogen-bond donors (Lipinski definition) is 1. The number of benzene rings is 1. The van der Waals surface area contributed by atoms with Crippen molar-refractivity contribution in [2.45, 2.75) is 19.5 Å². The van der Waals surface area contributed by atoms with Gasteiger partial charge in [-0.3, -0.25) is 4.90 Å². The molecule has 2 heterocycles. The van der Waals surface area contributed by atoms with E-state index in [-0.39, 0.29) is 0 Å². The maximum Gasteiger partial charge on any atom is 0.203 e. The van der Waals surface area contributed by atoms with Gasteiger partial charge in [0.15, 0.2) is 16.6 Å². The third-order valence-electron chi connectivity index (χ3n) is 5.33. The molecule has 1 N–H and O–H groups in total. The molecule has 8 nitrogen and oxygen atoms in total. The fourth-order valence-corrected chi connectivity index (χ4v) is 3.86. The summed E-state index contributed by atoms with van der Waals surface area (Å²) in [5.41, 5.74) is 1.01. The molecule has 0 spiro atoms. The van der Waals surface area contributed by atoms with Crippen molar-refractivity contribution in [3.05, 3.63) is 35.9 Å². The molecule has 1 fully saturated rings. The highest BCUT2D eigenvalue weighted by Gasteiger charge is 2.19. The van der Waals surface area contributed by atoms with Gasteiger partial charge in [-0.1, -0.05) is 0 Å². The first-order valence-corrected chi connectivity index (χ1v) is 10.5. The van der Waals surface area contributed by atoms with E-state index in [9.17, 15) is 0 Å². The summed E-state index contributed by atoms with van der Waals surface area (Å²) >= 11 is 5.67. The topological polar surface area (TPSA) is 64.0 Å². The number of aromatic nitrogens is 2. The molecule has 2 aromatic rings. The van der Waals surface area contributed by atoms with Gasteiger partial charge in [0, 0.05) is 52.2 Å². The van der Waals surface area contributed by atoms with Gasteiger partial charge in [0.2, 0.25) is 5.75 Å². The number of aryl methyl sites for hydroxylation is 1. The van der Waals surface area contributed by atoms with Crippen LogP contribution in [0.3, 0.4) is 0 Å². The molecule has 1 saturated heterocycles. The van der Waals surface area contributed by atoms with Crippen LogP contribution >= 0.6 is 12.2 Å². The zero-order valence-corrected chi connectivity index (χ0v) is 19.0. The first-order chi connectivity index (χ1) is 14.5. The number of methoxy groups -OCH3 is 3. The van der Waals surface area contributed by atoms with E-state index < -0.39 is 0 Å². The highest BCUT2D eigenvalue weighted by Crippen LogP contribution is 2.38. The van der Waals surface area contributed by atoms with Crippen LogP contribution in [0, 0.1) is 0 Å². The van der Waals surface area contributed by atoms with Crippen LogP contribution in [0.1, 0.15) is 17.8 Å². The van der Waals surface area contributed by atoms with Crippen molar-refractivity contribution in [3.63, 3.8) is 0 Å². The zero-order chi connectivity index (χ0) is 21.5. The Morgan fingerprint density at radius 3 is 2.40 bits per heavy atom. The van der Waals surface area contributed by atoms with Crippen LogP contribution in [0.4, 0.5) is 0 Å². The van der Waals surface area contributed by atoms with Gasteiger partial charge in [-0.15, -0.1) is 0 Å². The van der Waals surface area contributed by atoms with Gasteiger partial charge in [0.25, 0.3) is 0 Å². The predicted molar refractivity (Wildman–Crippen MR) is 120 cm³/mol. The SMILES string of the molecule is COc1cc(CNC(=S)N2CCCN(Cc3nccn3C)CC2)cc(OC)c1OC. The molecule has 30 heavy (non-hydrogen) atoms. The molecule has 3 rings (SSSR count). The van der Waals surface area contributed by atoms with Crippen molar-refractivity contribution in [1.29, 1.82) is 0 Å². The summed E-state index contributed by atoms with van der Waals surface area (Å²) in [4.78, 5) is 9.11. The zero-order valence-electron chi connectivity index (χ0n) is 18.2. The van der Waals surface area contributed by atoms with E-state index in [2.05, 4.69) is 24.7 Å². The smallest absolute Gasteiger partial charge is 0.203 e. The molecule has 0 radical (unpaired) electrons. The van der Waals surface area contributed by atoms with Crippen molar-refractivity contribution < 1.29 is 14.2 Å².